The second-order valence-corrected chi connectivity index (χ2v) is 5.97. The lowest BCUT2D eigenvalue weighted by atomic mass is 10.1. The number of benzene rings is 1. The van der Waals surface area contributed by atoms with Crippen LogP contribution in [0, 0.1) is 13.8 Å². The Kier molecular flexibility index (Phi) is 14.2. The van der Waals surface area contributed by atoms with Gasteiger partial charge in [-0.25, -0.2) is 9.59 Å². The number of hydrogen-bond donors (Lipinski definition) is 3. The molecular formula is C18H28ClNO7. The number of aliphatic carboxylic acids is 2. The molecule has 0 aliphatic rings. The molecule has 0 spiro atoms. The van der Waals surface area contributed by atoms with Crippen LogP contribution in [0.15, 0.2) is 12.1 Å². The minimum Gasteiger partial charge on any atom is -0.489 e. The van der Waals surface area contributed by atoms with E-state index in [-0.39, 0.29) is 0 Å². The molecule has 0 atom stereocenters. The van der Waals surface area contributed by atoms with Crippen molar-refractivity contribution in [1.82, 2.24) is 5.32 Å². The zero-order valence-corrected chi connectivity index (χ0v) is 16.7. The molecule has 0 bridgehead atoms. The number of carbonyl (C=O) groups is 2. The van der Waals surface area contributed by atoms with Crippen molar-refractivity contribution < 1.29 is 34.0 Å². The first-order valence-corrected chi connectivity index (χ1v) is 8.80. The first-order chi connectivity index (χ1) is 12.8. The molecule has 3 N–H and O–H groups in total. The quantitative estimate of drug-likeness (QED) is 0.379. The van der Waals surface area contributed by atoms with Gasteiger partial charge in [0.05, 0.1) is 18.2 Å². The van der Waals surface area contributed by atoms with E-state index >= 15 is 0 Å². The Labute approximate surface area is 164 Å². The number of aryl methyl sites for hydroxylation is 2. The van der Waals surface area contributed by atoms with E-state index in [1.54, 1.807) is 7.11 Å². The summed E-state index contributed by atoms with van der Waals surface area (Å²) in [5.41, 5.74) is 2.19. The summed E-state index contributed by atoms with van der Waals surface area (Å²) in [6.07, 6.45) is 1.02. The smallest absolute Gasteiger partial charge is 0.414 e. The van der Waals surface area contributed by atoms with Crippen molar-refractivity contribution in [3.63, 3.8) is 0 Å². The molecule has 0 heterocycles. The number of methoxy groups -OCH3 is 1. The van der Waals surface area contributed by atoms with Gasteiger partial charge in [-0.1, -0.05) is 17.7 Å². The highest BCUT2D eigenvalue weighted by atomic mass is 35.5. The zero-order chi connectivity index (χ0) is 20.7. The highest BCUT2D eigenvalue weighted by molar-refractivity contribution is 6.32. The third-order valence-electron chi connectivity index (χ3n) is 3.16. The van der Waals surface area contributed by atoms with Crippen LogP contribution >= 0.6 is 11.6 Å². The molecule has 8 nitrogen and oxygen atoms in total. The fourth-order valence-corrected chi connectivity index (χ4v) is 2.38. The minimum absolute atomic E-state index is 0.507. The molecule has 1 aromatic carbocycles. The van der Waals surface area contributed by atoms with Gasteiger partial charge in [-0.15, -0.1) is 0 Å². The standard InChI is InChI=1S/C16H26ClNO3.C2H2O4/c1-13-11-14(2)16(15(17)12-13)21-10-9-20-8-6-18-5-4-7-19-3;3-1(4)2(5)6/h11-12,18H,4-10H2,1-3H3;(H,3,4)(H,5,6). The van der Waals surface area contributed by atoms with Crippen LogP contribution in [0.25, 0.3) is 0 Å². The number of carboxylic acid groups (broad SMARTS) is 2. The van der Waals surface area contributed by atoms with Crippen LogP contribution in [-0.4, -0.2) is 68.8 Å². The van der Waals surface area contributed by atoms with Gasteiger partial charge in [0.1, 0.15) is 12.4 Å². The van der Waals surface area contributed by atoms with Crippen molar-refractivity contribution in [3.8, 4) is 5.75 Å². The largest absolute Gasteiger partial charge is 0.489 e. The Hall–Kier alpha value is -1.87. The first-order valence-electron chi connectivity index (χ1n) is 8.42. The average molecular weight is 406 g/mol. The summed E-state index contributed by atoms with van der Waals surface area (Å²) in [5.74, 6) is -2.89. The van der Waals surface area contributed by atoms with Crippen molar-refractivity contribution >= 4 is 23.5 Å². The molecule has 27 heavy (non-hydrogen) atoms. The molecule has 0 aliphatic heterocycles. The van der Waals surface area contributed by atoms with Gasteiger partial charge in [0.15, 0.2) is 0 Å². The van der Waals surface area contributed by atoms with Crippen LogP contribution < -0.4 is 10.1 Å². The Morgan fingerprint density at radius 1 is 1.04 bits per heavy atom. The van der Waals surface area contributed by atoms with E-state index in [2.05, 4.69) is 11.4 Å². The highest BCUT2D eigenvalue weighted by Crippen LogP contribution is 2.29. The third-order valence-corrected chi connectivity index (χ3v) is 3.44. The summed E-state index contributed by atoms with van der Waals surface area (Å²) < 4.78 is 16.2. The SMILES string of the molecule is COCCCNCCOCCOc1c(C)cc(C)cc1Cl.O=C(O)C(=O)O. The fourth-order valence-electron chi connectivity index (χ4n) is 2.00. The molecule has 0 saturated carbocycles. The maximum Gasteiger partial charge on any atom is 0.414 e. The molecule has 0 unspecified atom stereocenters. The maximum atomic E-state index is 9.10. The number of hydrogen-bond acceptors (Lipinski definition) is 6. The molecular weight excluding hydrogens is 378 g/mol. The van der Waals surface area contributed by atoms with Crippen LogP contribution in [0.1, 0.15) is 17.5 Å². The Bertz CT molecular complexity index is 546. The zero-order valence-electron chi connectivity index (χ0n) is 15.9. The van der Waals surface area contributed by atoms with Gasteiger partial charge in [0.2, 0.25) is 0 Å². The lowest BCUT2D eigenvalue weighted by Gasteiger charge is -2.12. The molecule has 1 rings (SSSR count). The normalized spacial score (nSPS) is 10.1. The van der Waals surface area contributed by atoms with Crippen LogP contribution in [0.4, 0.5) is 0 Å². The topological polar surface area (TPSA) is 114 Å². The lowest BCUT2D eigenvalue weighted by molar-refractivity contribution is -0.159. The van der Waals surface area contributed by atoms with E-state index in [9.17, 15) is 0 Å². The summed E-state index contributed by atoms with van der Waals surface area (Å²) in [4.78, 5) is 18.2. The maximum absolute atomic E-state index is 9.10. The van der Waals surface area contributed by atoms with Gasteiger partial charge in [-0.2, -0.15) is 0 Å². The Balaban J connectivity index is 0.000000972. The summed E-state index contributed by atoms with van der Waals surface area (Å²) in [6, 6.07) is 3.97. The number of carboxylic acids is 2. The van der Waals surface area contributed by atoms with E-state index in [1.807, 2.05) is 19.9 Å². The third kappa shape index (κ3) is 13.0. The van der Waals surface area contributed by atoms with Gasteiger partial charge >= 0.3 is 11.9 Å². The summed E-state index contributed by atoms with van der Waals surface area (Å²) >= 11 is 6.17. The molecule has 0 aromatic heterocycles. The Morgan fingerprint density at radius 2 is 1.70 bits per heavy atom. The van der Waals surface area contributed by atoms with Crippen LogP contribution in [-0.2, 0) is 19.1 Å². The van der Waals surface area contributed by atoms with Crippen LogP contribution in [0.5, 0.6) is 5.75 Å². The molecule has 154 valence electrons. The minimum atomic E-state index is -1.82. The van der Waals surface area contributed by atoms with Crippen molar-refractivity contribution in [2.45, 2.75) is 20.3 Å². The van der Waals surface area contributed by atoms with Gasteiger partial charge in [0.25, 0.3) is 0 Å². The van der Waals surface area contributed by atoms with Gasteiger partial charge in [-0.3, -0.25) is 0 Å². The summed E-state index contributed by atoms with van der Waals surface area (Å²) in [7, 11) is 1.71. The predicted molar refractivity (Wildman–Crippen MR) is 102 cm³/mol. The van der Waals surface area contributed by atoms with E-state index in [0.29, 0.717) is 24.8 Å². The van der Waals surface area contributed by atoms with Crippen molar-refractivity contribution in [2.75, 3.05) is 46.6 Å². The molecule has 0 saturated heterocycles. The Morgan fingerprint density at radius 3 is 2.26 bits per heavy atom. The van der Waals surface area contributed by atoms with Gasteiger partial charge < -0.3 is 29.7 Å². The lowest BCUT2D eigenvalue weighted by Crippen LogP contribution is -2.22. The monoisotopic (exact) mass is 405 g/mol. The average Bonchev–Trinajstić information content (AvgIpc) is 2.58. The van der Waals surface area contributed by atoms with E-state index < -0.39 is 11.9 Å². The fraction of sp³-hybridized carbons (Fsp3) is 0.556. The van der Waals surface area contributed by atoms with Crippen molar-refractivity contribution in [3.05, 3.63) is 28.3 Å². The number of halogens is 1. The van der Waals surface area contributed by atoms with Crippen molar-refractivity contribution in [2.24, 2.45) is 0 Å². The molecule has 0 amide bonds. The van der Waals surface area contributed by atoms with Crippen LogP contribution in [0.3, 0.4) is 0 Å². The van der Waals surface area contributed by atoms with E-state index in [1.165, 1.54) is 0 Å². The van der Waals surface area contributed by atoms with Gasteiger partial charge in [-0.05, 0) is 44.0 Å². The number of nitrogens with one attached hydrogen (secondary N) is 1. The first kappa shape index (κ1) is 25.1. The second-order valence-electron chi connectivity index (χ2n) is 5.56. The molecule has 0 aliphatic carbocycles. The molecule has 9 heteroatoms. The van der Waals surface area contributed by atoms with E-state index in [4.69, 9.17) is 45.6 Å². The number of rotatable bonds is 11. The van der Waals surface area contributed by atoms with Crippen LogP contribution in [0.2, 0.25) is 5.02 Å². The van der Waals surface area contributed by atoms with Gasteiger partial charge in [0, 0.05) is 20.3 Å². The highest BCUT2D eigenvalue weighted by Gasteiger charge is 2.06. The summed E-state index contributed by atoms with van der Waals surface area (Å²) in [5, 5.41) is 18.7. The van der Waals surface area contributed by atoms with E-state index in [0.717, 1.165) is 43.0 Å². The molecule has 0 fully saturated rings. The predicted octanol–water partition coefficient (Wildman–Crippen LogP) is 2.13. The molecule has 1 aromatic rings. The summed E-state index contributed by atoms with van der Waals surface area (Å²) in [6.45, 7) is 8.34. The second kappa shape index (κ2) is 15.2. The van der Waals surface area contributed by atoms with Crippen molar-refractivity contribution in [1.29, 1.82) is 0 Å². The molecule has 0 radical (unpaired) electrons. The number of ether oxygens (including phenoxy) is 3.